The SMILES string of the molecule is CC1(C)c2ccccc2-c2cc(Nc3ccccc3C3=CC=CCC3)ccc21. The van der Waals surface area contributed by atoms with Crippen LogP contribution in [-0.4, -0.2) is 0 Å². The van der Waals surface area contributed by atoms with Gasteiger partial charge in [0.15, 0.2) is 0 Å². The summed E-state index contributed by atoms with van der Waals surface area (Å²) >= 11 is 0. The molecule has 0 saturated carbocycles. The van der Waals surface area contributed by atoms with E-state index < -0.39 is 0 Å². The van der Waals surface area contributed by atoms with Crippen LogP contribution in [-0.2, 0) is 5.41 Å². The van der Waals surface area contributed by atoms with Crippen LogP contribution in [0.2, 0.25) is 0 Å². The van der Waals surface area contributed by atoms with Crippen LogP contribution >= 0.6 is 0 Å². The Morgan fingerprint density at radius 1 is 0.786 bits per heavy atom. The van der Waals surface area contributed by atoms with Crippen LogP contribution in [0.1, 0.15) is 43.4 Å². The maximum Gasteiger partial charge on any atom is 0.0460 e. The maximum absolute atomic E-state index is 3.69. The molecule has 3 aromatic rings. The first-order valence-electron chi connectivity index (χ1n) is 10.1. The monoisotopic (exact) mass is 363 g/mol. The number of hydrogen-bond donors (Lipinski definition) is 1. The highest BCUT2D eigenvalue weighted by atomic mass is 14.9. The maximum atomic E-state index is 3.69. The van der Waals surface area contributed by atoms with Gasteiger partial charge in [-0.1, -0.05) is 80.6 Å². The molecule has 0 fully saturated rings. The second kappa shape index (κ2) is 6.53. The van der Waals surface area contributed by atoms with Gasteiger partial charge in [-0.15, -0.1) is 0 Å². The van der Waals surface area contributed by atoms with E-state index in [0.717, 1.165) is 18.5 Å². The third-order valence-electron chi connectivity index (χ3n) is 6.15. The van der Waals surface area contributed by atoms with Crippen LogP contribution in [0.15, 0.2) is 85.0 Å². The fraction of sp³-hybridized carbons (Fsp3) is 0.185. The number of fused-ring (bicyclic) bond motifs is 3. The van der Waals surface area contributed by atoms with Crippen molar-refractivity contribution in [3.8, 4) is 11.1 Å². The largest absolute Gasteiger partial charge is 0.355 e. The number of anilines is 2. The van der Waals surface area contributed by atoms with Crippen molar-refractivity contribution in [1.82, 2.24) is 0 Å². The predicted molar refractivity (Wildman–Crippen MR) is 120 cm³/mol. The van der Waals surface area contributed by atoms with E-state index in [9.17, 15) is 0 Å². The van der Waals surface area contributed by atoms with E-state index in [4.69, 9.17) is 0 Å². The quantitative estimate of drug-likeness (QED) is 0.509. The smallest absolute Gasteiger partial charge is 0.0460 e. The Kier molecular flexibility index (Phi) is 3.98. The lowest BCUT2D eigenvalue weighted by molar-refractivity contribution is 0.660. The Balaban J connectivity index is 1.55. The van der Waals surface area contributed by atoms with Gasteiger partial charge in [0.05, 0.1) is 0 Å². The van der Waals surface area contributed by atoms with Gasteiger partial charge in [0.2, 0.25) is 0 Å². The zero-order valence-electron chi connectivity index (χ0n) is 16.5. The topological polar surface area (TPSA) is 12.0 Å². The first kappa shape index (κ1) is 17.1. The number of benzene rings is 3. The highest BCUT2D eigenvalue weighted by Gasteiger charge is 2.35. The molecule has 2 aliphatic carbocycles. The van der Waals surface area contributed by atoms with Gasteiger partial charge in [-0.25, -0.2) is 0 Å². The zero-order valence-corrected chi connectivity index (χ0v) is 16.5. The second-order valence-electron chi connectivity index (χ2n) is 8.26. The third-order valence-corrected chi connectivity index (χ3v) is 6.15. The van der Waals surface area contributed by atoms with Crippen LogP contribution in [0.4, 0.5) is 11.4 Å². The number of allylic oxidation sites excluding steroid dienone is 4. The van der Waals surface area contributed by atoms with Gasteiger partial charge in [-0.05, 0) is 58.9 Å². The van der Waals surface area contributed by atoms with Crippen molar-refractivity contribution in [2.24, 2.45) is 0 Å². The van der Waals surface area contributed by atoms with Crippen LogP contribution in [0.5, 0.6) is 0 Å². The Labute approximate surface area is 167 Å². The Bertz CT molecular complexity index is 1110. The van der Waals surface area contributed by atoms with Gasteiger partial charge in [0, 0.05) is 22.4 Å². The molecule has 3 aromatic carbocycles. The molecule has 28 heavy (non-hydrogen) atoms. The summed E-state index contributed by atoms with van der Waals surface area (Å²) in [7, 11) is 0. The second-order valence-corrected chi connectivity index (χ2v) is 8.26. The van der Waals surface area contributed by atoms with E-state index in [1.54, 1.807) is 0 Å². The van der Waals surface area contributed by atoms with Crippen LogP contribution in [0.3, 0.4) is 0 Å². The van der Waals surface area contributed by atoms with Gasteiger partial charge in [0.25, 0.3) is 0 Å². The molecule has 1 nitrogen and oxygen atoms in total. The molecule has 0 aliphatic heterocycles. The number of nitrogens with one attached hydrogen (secondary N) is 1. The molecule has 0 amide bonds. The van der Waals surface area contributed by atoms with Gasteiger partial charge in [0.1, 0.15) is 0 Å². The summed E-state index contributed by atoms with van der Waals surface area (Å²) in [6.07, 6.45) is 8.86. The first-order chi connectivity index (χ1) is 13.6. The lowest BCUT2D eigenvalue weighted by Crippen LogP contribution is -2.14. The van der Waals surface area contributed by atoms with Gasteiger partial charge < -0.3 is 5.32 Å². The molecule has 2 aliphatic rings. The summed E-state index contributed by atoms with van der Waals surface area (Å²) < 4.78 is 0. The summed E-state index contributed by atoms with van der Waals surface area (Å²) in [5.41, 5.74) is 10.6. The number of para-hydroxylation sites is 1. The van der Waals surface area contributed by atoms with Crippen molar-refractivity contribution in [2.75, 3.05) is 5.32 Å². The van der Waals surface area contributed by atoms with Crippen molar-refractivity contribution in [3.05, 3.63) is 102 Å². The van der Waals surface area contributed by atoms with Gasteiger partial charge in [-0.2, -0.15) is 0 Å². The standard InChI is InChI=1S/C27H25N/c1-27(2)24-14-8-6-13-22(24)23-18-20(16-17-25(23)27)28-26-15-9-7-12-21(26)19-10-4-3-5-11-19/h3-4,6-10,12-18,28H,5,11H2,1-2H3. The van der Waals surface area contributed by atoms with Crippen molar-refractivity contribution in [2.45, 2.75) is 32.1 Å². The average Bonchev–Trinajstić information content (AvgIpc) is 2.96. The summed E-state index contributed by atoms with van der Waals surface area (Å²) in [6, 6.07) is 24.3. The minimum Gasteiger partial charge on any atom is -0.355 e. The molecule has 0 atom stereocenters. The normalized spacial score (nSPS) is 16.3. The average molecular weight is 364 g/mol. The number of hydrogen-bond acceptors (Lipinski definition) is 1. The van der Waals surface area contributed by atoms with E-state index in [0.29, 0.717) is 0 Å². The summed E-state index contributed by atoms with van der Waals surface area (Å²) in [5.74, 6) is 0. The molecule has 0 heterocycles. The van der Waals surface area contributed by atoms with Crippen LogP contribution in [0, 0.1) is 0 Å². The fourth-order valence-electron chi connectivity index (χ4n) is 4.65. The molecule has 0 saturated heterocycles. The molecule has 0 aromatic heterocycles. The Hall–Kier alpha value is -3.06. The molecule has 0 unspecified atom stereocenters. The van der Waals surface area contributed by atoms with E-state index in [1.807, 2.05) is 0 Å². The third kappa shape index (κ3) is 2.70. The summed E-state index contributed by atoms with van der Waals surface area (Å²) in [4.78, 5) is 0. The lowest BCUT2D eigenvalue weighted by atomic mass is 9.82. The van der Waals surface area contributed by atoms with Crippen LogP contribution < -0.4 is 5.32 Å². The highest BCUT2D eigenvalue weighted by molar-refractivity contribution is 5.85. The van der Waals surface area contributed by atoms with Crippen molar-refractivity contribution < 1.29 is 0 Å². The molecular formula is C27H25N. The van der Waals surface area contributed by atoms with E-state index in [1.165, 1.54) is 39.1 Å². The Morgan fingerprint density at radius 2 is 1.54 bits per heavy atom. The minimum atomic E-state index is 0.0572. The summed E-state index contributed by atoms with van der Waals surface area (Å²) in [6.45, 7) is 4.65. The Morgan fingerprint density at radius 3 is 2.36 bits per heavy atom. The molecule has 138 valence electrons. The van der Waals surface area contributed by atoms with Crippen LogP contribution in [0.25, 0.3) is 16.7 Å². The molecule has 0 spiro atoms. The minimum absolute atomic E-state index is 0.0572. The van der Waals surface area contributed by atoms with E-state index in [2.05, 4.69) is 104 Å². The van der Waals surface area contributed by atoms with Crippen molar-refractivity contribution >= 4 is 16.9 Å². The van der Waals surface area contributed by atoms with Crippen molar-refractivity contribution in [1.29, 1.82) is 0 Å². The molecule has 1 heteroatoms. The molecule has 0 radical (unpaired) electrons. The molecular weight excluding hydrogens is 338 g/mol. The van der Waals surface area contributed by atoms with E-state index >= 15 is 0 Å². The number of rotatable bonds is 3. The van der Waals surface area contributed by atoms with Crippen molar-refractivity contribution in [3.63, 3.8) is 0 Å². The van der Waals surface area contributed by atoms with Gasteiger partial charge in [-0.3, -0.25) is 0 Å². The molecule has 1 N–H and O–H groups in total. The van der Waals surface area contributed by atoms with Gasteiger partial charge >= 0.3 is 0 Å². The first-order valence-corrected chi connectivity index (χ1v) is 10.1. The summed E-state index contributed by atoms with van der Waals surface area (Å²) in [5, 5.41) is 3.69. The molecule has 0 bridgehead atoms. The lowest BCUT2D eigenvalue weighted by Gasteiger charge is -2.21. The molecule has 5 rings (SSSR count). The van der Waals surface area contributed by atoms with E-state index in [-0.39, 0.29) is 5.41 Å². The highest BCUT2D eigenvalue weighted by Crippen LogP contribution is 2.49. The fourth-order valence-corrected chi connectivity index (χ4v) is 4.65. The predicted octanol–water partition coefficient (Wildman–Crippen LogP) is 7.47. The zero-order chi connectivity index (χ0) is 19.1.